The summed E-state index contributed by atoms with van der Waals surface area (Å²) in [5.74, 6) is -0.144. The summed E-state index contributed by atoms with van der Waals surface area (Å²) >= 11 is 0. The Labute approximate surface area is 151 Å². The summed E-state index contributed by atoms with van der Waals surface area (Å²) < 4.78 is 10.3. The molecule has 4 nitrogen and oxygen atoms in total. The van der Waals surface area contributed by atoms with E-state index in [4.69, 9.17) is 9.47 Å². The van der Waals surface area contributed by atoms with Crippen molar-refractivity contribution in [2.45, 2.75) is 79.1 Å². The van der Waals surface area contributed by atoms with Gasteiger partial charge in [-0.1, -0.05) is 65.0 Å². The lowest BCUT2D eigenvalue weighted by atomic mass is 9.89. The zero-order valence-electron chi connectivity index (χ0n) is 16.1. The second kappa shape index (κ2) is 10.9. The Morgan fingerprint density at radius 2 is 1.36 bits per heavy atom. The quantitative estimate of drug-likeness (QED) is 0.310. The van der Waals surface area contributed by atoms with E-state index in [0.717, 1.165) is 19.3 Å². The number of esters is 2. The summed E-state index contributed by atoms with van der Waals surface area (Å²) in [6.45, 7) is 8.15. The molecule has 0 fully saturated rings. The summed E-state index contributed by atoms with van der Waals surface area (Å²) in [7, 11) is 0. The van der Waals surface area contributed by atoms with Gasteiger partial charge >= 0.3 is 11.9 Å². The van der Waals surface area contributed by atoms with Crippen molar-refractivity contribution in [1.29, 1.82) is 0 Å². The smallest absolute Gasteiger partial charge is 0.311 e. The van der Waals surface area contributed by atoms with E-state index in [2.05, 4.69) is 20.8 Å². The zero-order valence-corrected chi connectivity index (χ0v) is 16.1. The van der Waals surface area contributed by atoms with Crippen molar-refractivity contribution in [3.63, 3.8) is 0 Å². The minimum absolute atomic E-state index is 0.280. The first-order valence-corrected chi connectivity index (χ1v) is 9.26. The molecule has 0 heterocycles. The highest BCUT2D eigenvalue weighted by Crippen LogP contribution is 2.27. The maximum Gasteiger partial charge on any atom is 0.311 e. The number of carbonyl (C=O) groups excluding carboxylic acids is 2. The number of rotatable bonds is 10. The van der Waals surface area contributed by atoms with Gasteiger partial charge < -0.3 is 9.47 Å². The summed E-state index contributed by atoms with van der Waals surface area (Å²) in [4.78, 5) is 23.0. The Hall–Kier alpha value is -1.84. The highest BCUT2D eigenvalue weighted by Gasteiger charge is 2.11. The number of hydrogen-bond donors (Lipinski definition) is 0. The summed E-state index contributed by atoms with van der Waals surface area (Å²) in [6.07, 6.45) is 8.43. The Morgan fingerprint density at radius 3 is 1.92 bits per heavy atom. The Morgan fingerprint density at radius 1 is 0.840 bits per heavy atom. The van der Waals surface area contributed by atoms with E-state index in [9.17, 15) is 9.59 Å². The number of carbonyl (C=O) groups is 2. The van der Waals surface area contributed by atoms with Gasteiger partial charge in [0.2, 0.25) is 0 Å². The van der Waals surface area contributed by atoms with E-state index in [0.29, 0.717) is 17.6 Å². The van der Waals surface area contributed by atoms with Crippen LogP contribution >= 0.6 is 0 Å². The first kappa shape index (κ1) is 21.2. The van der Waals surface area contributed by atoms with Crippen LogP contribution in [0.1, 0.15) is 79.1 Å². The highest BCUT2D eigenvalue weighted by atomic mass is 16.6. The third-order valence-corrected chi connectivity index (χ3v) is 3.88. The zero-order chi connectivity index (χ0) is 18.7. The van der Waals surface area contributed by atoms with Crippen molar-refractivity contribution in [2.75, 3.05) is 0 Å². The molecule has 140 valence electrons. The van der Waals surface area contributed by atoms with Crippen LogP contribution in [-0.2, 0) is 9.59 Å². The topological polar surface area (TPSA) is 52.6 Å². The summed E-state index contributed by atoms with van der Waals surface area (Å²) in [5.41, 5.74) is 0.423. The second-order valence-corrected chi connectivity index (χ2v) is 7.70. The molecule has 4 heteroatoms. The number of para-hydroxylation sites is 2. The molecule has 0 aliphatic carbocycles. The van der Waals surface area contributed by atoms with Gasteiger partial charge in [-0.15, -0.1) is 0 Å². The van der Waals surface area contributed by atoms with E-state index in [1.54, 1.807) is 24.3 Å². The van der Waals surface area contributed by atoms with Crippen LogP contribution in [0.15, 0.2) is 24.3 Å². The van der Waals surface area contributed by atoms with Crippen LogP contribution < -0.4 is 9.47 Å². The van der Waals surface area contributed by atoms with Gasteiger partial charge in [0.05, 0.1) is 0 Å². The van der Waals surface area contributed by atoms with Crippen molar-refractivity contribution in [1.82, 2.24) is 0 Å². The van der Waals surface area contributed by atoms with Gasteiger partial charge in [0.15, 0.2) is 11.5 Å². The normalized spacial score (nSPS) is 11.2. The molecular formula is C21H32O4. The largest absolute Gasteiger partial charge is 0.423 e. The van der Waals surface area contributed by atoms with Crippen LogP contribution in [0.25, 0.3) is 0 Å². The standard InChI is InChI=1S/C21H32O4/c1-17(22)24-18-13-10-11-14-19(18)25-20(23)15-9-7-5-6-8-12-16-21(2,3)4/h10-11,13-14H,5-9,12,15-16H2,1-4H3. The minimum atomic E-state index is -0.435. The van der Waals surface area contributed by atoms with Crippen molar-refractivity contribution in [3.8, 4) is 11.5 Å². The van der Waals surface area contributed by atoms with Crippen molar-refractivity contribution in [2.24, 2.45) is 5.41 Å². The molecule has 0 spiro atoms. The summed E-state index contributed by atoms with van der Waals surface area (Å²) in [6, 6.07) is 6.72. The molecule has 0 atom stereocenters. The number of unbranched alkanes of at least 4 members (excludes halogenated alkanes) is 5. The molecule has 0 unspecified atom stereocenters. The molecule has 0 aliphatic heterocycles. The molecule has 25 heavy (non-hydrogen) atoms. The third-order valence-electron chi connectivity index (χ3n) is 3.88. The molecular weight excluding hydrogens is 316 g/mol. The SMILES string of the molecule is CC(=O)Oc1ccccc1OC(=O)CCCCCCCCC(C)(C)C. The molecule has 0 radical (unpaired) electrons. The molecule has 0 aromatic heterocycles. The van der Waals surface area contributed by atoms with Crippen LogP contribution in [0.5, 0.6) is 11.5 Å². The average molecular weight is 348 g/mol. The van der Waals surface area contributed by atoms with Crippen molar-refractivity contribution in [3.05, 3.63) is 24.3 Å². The van der Waals surface area contributed by atoms with Crippen molar-refractivity contribution >= 4 is 11.9 Å². The molecule has 0 saturated heterocycles. The lowest BCUT2D eigenvalue weighted by Gasteiger charge is -2.17. The molecule has 0 aliphatic rings. The van der Waals surface area contributed by atoms with Crippen LogP contribution in [0.3, 0.4) is 0 Å². The highest BCUT2D eigenvalue weighted by molar-refractivity contribution is 5.75. The molecule has 0 N–H and O–H groups in total. The maximum atomic E-state index is 11.9. The van der Waals surface area contributed by atoms with Gasteiger partial charge in [-0.25, -0.2) is 0 Å². The number of hydrogen-bond acceptors (Lipinski definition) is 4. The first-order valence-electron chi connectivity index (χ1n) is 9.26. The third kappa shape index (κ3) is 10.6. The van der Waals surface area contributed by atoms with Crippen molar-refractivity contribution < 1.29 is 19.1 Å². The van der Waals surface area contributed by atoms with Crippen LogP contribution in [0.4, 0.5) is 0 Å². The van der Waals surface area contributed by atoms with Crippen LogP contribution in [0.2, 0.25) is 0 Å². The van der Waals surface area contributed by atoms with E-state index in [1.807, 2.05) is 0 Å². The molecule has 0 bridgehead atoms. The van der Waals surface area contributed by atoms with E-state index in [-0.39, 0.29) is 11.7 Å². The Balaban J connectivity index is 2.18. The molecule has 0 amide bonds. The molecule has 0 saturated carbocycles. The average Bonchev–Trinajstić information content (AvgIpc) is 2.50. The van der Waals surface area contributed by atoms with Crippen LogP contribution in [-0.4, -0.2) is 11.9 Å². The van der Waals surface area contributed by atoms with E-state index < -0.39 is 5.97 Å². The van der Waals surface area contributed by atoms with Gasteiger partial charge in [0.1, 0.15) is 0 Å². The monoisotopic (exact) mass is 348 g/mol. The maximum absolute atomic E-state index is 11.9. The number of ether oxygens (including phenoxy) is 2. The molecule has 1 rings (SSSR count). The fourth-order valence-corrected chi connectivity index (χ4v) is 2.58. The Bertz CT molecular complexity index is 543. The van der Waals surface area contributed by atoms with E-state index in [1.165, 1.54) is 32.6 Å². The summed E-state index contributed by atoms with van der Waals surface area (Å²) in [5, 5.41) is 0. The predicted molar refractivity (Wildman–Crippen MR) is 99.8 cm³/mol. The van der Waals surface area contributed by atoms with Gasteiger partial charge in [0.25, 0.3) is 0 Å². The second-order valence-electron chi connectivity index (χ2n) is 7.70. The van der Waals surface area contributed by atoms with Gasteiger partial charge in [-0.05, 0) is 30.4 Å². The minimum Gasteiger partial charge on any atom is -0.423 e. The molecule has 1 aromatic carbocycles. The predicted octanol–water partition coefficient (Wildman–Crippen LogP) is 5.68. The van der Waals surface area contributed by atoms with Gasteiger partial charge in [0, 0.05) is 13.3 Å². The fourth-order valence-electron chi connectivity index (χ4n) is 2.58. The first-order chi connectivity index (χ1) is 11.8. The Kier molecular flexibility index (Phi) is 9.25. The number of benzene rings is 1. The lowest BCUT2D eigenvalue weighted by Crippen LogP contribution is -2.10. The van der Waals surface area contributed by atoms with Gasteiger partial charge in [-0.3, -0.25) is 9.59 Å². The molecule has 1 aromatic rings. The van der Waals surface area contributed by atoms with E-state index >= 15 is 0 Å². The van der Waals surface area contributed by atoms with Crippen LogP contribution in [0, 0.1) is 5.41 Å². The van der Waals surface area contributed by atoms with Gasteiger partial charge in [-0.2, -0.15) is 0 Å². The fraction of sp³-hybridized carbons (Fsp3) is 0.619. The lowest BCUT2D eigenvalue weighted by molar-refractivity contribution is -0.136.